The Bertz CT molecular complexity index is 456. The van der Waals surface area contributed by atoms with Crippen molar-refractivity contribution in [2.24, 2.45) is 5.73 Å². The first-order valence-corrected chi connectivity index (χ1v) is 5.01. The highest BCUT2D eigenvalue weighted by molar-refractivity contribution is 6.34. The van der Waals surface area contributed by atoms with Gasteiger partial charge in [-0.15, -0.1) is 0 Å². The van der Waals surface area contributed by atoms with Gasteiger partial charge in [-0.1, -0.05) is 17.7 Å². The number of hydrogen-bond acceptors (Lipinski definition) is 4. The van der Waals surface area contributed by atoms with Gasteiger partial charge in [0.15, 0.2) is 5.58 Å². The van der Waals surface area contributed by atoms with Crippen LogP contribution >= 0.6 is 11.6 Å². The van der Waals surface area contributed by atoms with E-state index in [0.29, 0.717) is 36.3 Å². The van der Waals surface area contributed by atoms with Crippen LogP contribution < -0.4 is 5.73 Å². The zero-order valence-corrected chi connectivity index (χ0v) is 8.83. The molecule has 1 heterocycles. The first kappa shape index (κ1) is 10.4. The second kappa shape index (κ2) is 4.61. The number of halogens is 1. The number of benzene rings is 1. The van der Waals surface area contributed by atoms with E-state index in [-0.39, 0.29) is 0 Å². The van der Waals surface area contributed by atoms with E-state index in [1.165, 1.54) is 0 Å². The summed E-state index contributed by atoms with van der Waals surface area (Å²) < 4.78 is 10.7. The molecule has 0 fully saturated rings. The summed E-state index contributed by atoms with van der Waals surface area (Å²) in [5.41, 5.74) is 6.64. The van der Waals surface area contributed by atoms with E-state index in [1.54, 1.807) is 6.07 Å². The van der Waals surface area contributed by atoms with Crippen molar-refractivity contribution in [1.29, 1.82) is 0 Å². The molecule has 4 nitrogen and oxygen atoms in total. The van der Waals surface area contributed by atoms with Gasteiger partial charge in [0.05, 0.1) is 11.6 Å². The number of ether oxygens (including phenoxy) is 1. The molecule has 0 saturated heterocycles. The van der Waals surface area contributed by atoms with Crippen molar-refractivity contribution < 1.29 is 9.15 Å². The number of para-hydroxylation sites is 1. The number of nitrogens with zero attached hydrogens (tertiary/aromatic N) is 1. The highest BCUT2D eigenvalue weighted by Gasteiger charge is 2.07. The van der Waals surface area contributed by atoms with Gasteiger partial charge in [-0.05, 0) is 12.1 Å². The molecule has 0 atom stereocenters. The number of rotatable bonds is 4. The Morgan fingerprint density at radius 3 is 3.07 bits per heavy atom. The molecule has 80 valence electrons. The van der Waals surface area contributed by atoms with Gasteiger partial charge in [0.1, 0.15) is 12.1 Å². The van der Waals surface area contributed by atoms with Crippen molar-refractivity contribution >= 4 is 22.7 Å². The zero-order valence-electron chi connectivity index (χ0n) is 8.07. The van der Waals surface area contributed by atoms with Gasteiger partial charge in [-0.2, -0.15) is 0 Å². The van der Waals surface area contributed by atoms with E-state index in [0.717, 1.165) is 5.52 Å². The Hall–Kier alpha value is -1.10. The first-order valence-electron chi connectivity index (χ1n) is 4.63. The van der Waals surface area contributed by atoms with Gasteiger partial charge in [-0.25, -0.2) is 4.98 Å². The van der Waals surface area contributed by atoms with Crippen LogP contribution in [-0.4, -0.2) is 18.1 Å². The minimum Gasteiger partial charge on any atom is -0.437 e. The number of hydrogen-bond donors (Lipinski definition) is 1. The van der Waals surface area contributed by atoms with Gasteiger partial charge in [0.25, 0.3) is 0 Å². The fraction of sp³-hybridized carbons (Fsp3) is 0.300. The van der Waals surface area contributed by atoms with Gasteiger partial charge in [-0.3, -0.25) is 0 Å². The Balaban J connectivity index is 2.20. The standard InChI is InChI=1S/C10H11ClN2O2/c11-7-2-1-3-8-10(7)15-9(13-8)6-14-5-4-12/h1-3H,4-6,12H2. The van der Waals surface area contributed by atoms with Crippen molar-refractivity contribution in [3.8, 4) is 0 Å². The van der Waals surface area contributed by atoms with Crippen LogP contribution in [0.5, 0.6) is 0 Å². The van der Waals surface area contributed by atoms with Crippen LogP contribution in [0.2, 0.25) is 5.02 Å². The Morgan fingerprint density at radius 2 is 2.33 bits per heavy atom. The van der Waals surface area contributed by atoms with Crippen LogP contribution in [-0.2, 0) is 11.3 Å². The van der Waals surface area contributed by atoms with Crippen LogP contribution in [0.15, 0.2) is 22.6 Å². The van der Waals surface area contributed by atoms with E-state index < -0.39 is 0 Å². The quantitative estimate of drug-likeness (QED) is 0.810. The average Bonchev–Trinajstić information content (AvgIpc) is 2.63. The molecular weight excluding hydrogens is 216 g/mol. The molecule has 1 aromatic heterocycles. The molecule has 0 amide bonds. The highest BCUT2D eigenvalue weighted by atomic mass is 35.5. The topological polar surface area (TPSA) is 61.3 Å². The van der Waals surface area contributed by atoms with E-state index in [1.807, 2.05) is 12.1 Å². The van der Waals surface area contributed by atoms with Gasteiger partial charge in [0.2, 0.25) is 5.89 Å². The molecule has 0 aliphatic rings. The predicted octanol–water partition coefficient (Wildman–Crippen LogP) is 1.96. The van der Waals surface area contributed by atoms with E-state index in [9.17, 15) is 0 Å². The molecule has 0 saturated carbocycles. The van der Waals surface area contributed by atoms with Gasteiger partial charge >= 0.3 is 0 Å². The lowest BCUT2D eigenvalue weighted by Crippen LogP contribution is -2.08. The van der Waals surface area contributed by atoms with Crippen molar-refractivity contribution in [2.75, 3.05) is 13.2 Å². The summed E-state index contributed by atoms with van der Waals surface area (Å²) in [6.07, 6.45) is 0. The summed E-state index contributed by atoms with van der Waals surface area (Å²) in [4.78, 5) is 4.23. The normalized spacial score (nSPS) is 11.1. The molecule has 1 aromatic carbocycles. The molecule has 5 heteroatoms. The molecule has 0 bridgehead atoms. The molecule has 2 N–H and O–H groups in total. The van der Waals surface area contributed by atoms with Crippen LogP contribution in [0, 0.1) is 0 Å². The lowest BCUT2D eigenvalue weighted by Gasteiger charge is -1.96. The molecule has 0 aliphatic heterocycles. The van der Waals surface area contributed by atoms with Crippen molar-refractivity contribution in [3.05, 3.63) is 29.1 Å². The second-order valence-electron chi connectivity index (χ2n) is 3.04. The van der Waals surface area contributed by atoms with Crippen LogP contribution in [0.4, 0.5) is 0 Å². The second-order valence-corrected chi connectivity index (χ2v) is 3.44. The summed E-state index contributed by atoms with van der Waals surface area (Å²) >= 11 is 5.94. The average molecular weight is 227 g/mol. The zero-order chi connectivity index (χ0) is 10.7. The number of oxazole rings is 1. The minimum absolute atomic E-state index is 0.322. The Labute approximate surface area is 92.0 Å². The lowest BCUT2D eigenvalue weighted by molar-refractivity contribution is 0.110. The van der Waals surface area contributed by atoms with E-state index in [4.69, 9.17) is 26.5 Å². The summed E-state index contributed by atoms with van der Waals surface area (Å²) in [5, 5.41) is 0.560. The summed E-state index contributed by atoms with van der Waals surface area (Å²) in [7, 11) is 0. The fourth-order valence-corrected chi connectivity index (χ4v) is 1.47. The third-order valence-corrected chi connectivity index (χ3v) is 2.20. The molecule has 0 unspecified atom stereocenters. The maximum absolute atomic E-state index is 5.94. The summed E-state index contributed by atoms with van der Waals surface area (Å²) in [6, 6.07) is 5.44. The maximum atomic E-state index is 5.94. The van der Waals surface area contributed by atoms with Gasteiger partial charge < -0.3 is 14.9 Å². The van der Waals surface area contributed by atoms with Crippen LogP contribution in [0.3, 0.4) is 0 Å². The molecule has 0 aliphatic carbocycles. The number of nitrogens with two attached hydrogens (primary N) is 1. The van der Waals surface area contributed by atoms with E-state index >= 15 is 0 Å². The number of aromatic nitrogens is 1. The molecule has 2 rings (SSSR count). The molecule has 2 aromatic rings. The third kappa shape index (κ3) is 2.28. The van der Waals surface area contributed by atoms with Crippen LogP contribution in [0.25, 0.3) is 11.1 Å². The number of fused-ring (bicyclic) bond motifs is 1. The molecular formula is C10H11ClN2O2. The largest absolute Gasteiger partial charge is 0.437 e. The maximum Gasteiger partial charge on any atom is 0.221 e. The monoisotopic (exact) mass is 226 g/mol. The SMILES string of the molecule is NCCOCc1nc2cccc(Cl)c2o1. The molecule has 15 heavy (non-hydrogen) atoms. The van der Waals surface area contributed by atoms with Crippen molar-refractivity contribution in [3.63, 3.8) is 0 Å². The fourth-order valence-electron chi connectivity index (χ4n) is 1.27. The van der Waals surface area contributed by atoms with Crippen molar-refractivity contribution in [2.45, 2.75) is 6.61 Å². The summed E-state index contributed by atoms with van der Waals surface area (Å²) in [6.45, 7) is 1.30. The Kier molecular flexibility index (Phi) is 3.20. The minimum atomic E-state index is 0.322. The predicted molar refractivity (Wildman–Crippen MR) is 57.7 cm³/mol. The lowest BCUT2D eigenvalue weighted by atomic mass is 10.3. The Morgan fingerprint density at radius 1 is 1.47 bits per heavy atom. The van der Waals surface area contributed by atoms with Crippen LogP contribution in [0.1, 0.15) is 5.89 Å². The highest BCUT2D eigenvalue weighted by Crippen LogP contribution is 2.24. The van der Waals surface area contributed by atoms with Crippen molar-refractivity contribution in [1.82, 2.24) is 4.98 Å². The van der Waals surface area contributed by atoms with E-state index in [2.05, 4.69) is 4.98 Å². The summed E-state index contributed by atoms with van der Waals surface area (Å²) in [5.74, 6) is 0.520. The smallest absolute Gasteiger partial charge is 0.221 e. The van der Waals surface area contributed by atoms with Gasteiger partial charge in [0, 0.05) is 6.54 Å². The molecule has 0 radical (unpaired) electrons. The first-order chi connectivity index (χ1) is 7.31. The molecule has 0 spiro atoms. The third-order valence-electron chi connectivity index (χ3n) is 1.90.